The first kappa shape index (κ1) is 8.67. The van der Waals surface area contributed by atoms with Crippen molar-refractivity contribution in [2.75, 3.05) is 4.55 Å². The molecular formula is C4H5I2NO. The van der Waals surface area contributed by atoms with Crippen molar-refractivity contribution in [2.24, 2.45) is 4.99 Å². The Kier molecular flexibility index (Phi) is 4.92. The minimum atomic E-state index is 0.0438. The molecule has 0 bridgehead atoms. The molecular weight excluding hydrogens is 332 g/mol. The van der Waals surface area contributed by atoms with E-state index in [1.165, 1.54) is 0 Å². The summed E-state index contributed by atoms with van der Waals surface area (Å²) >= 11 is 4.02. The highest BCUT2D eigenvalue weighted by Crippen LogP contribution is 2.00. The van der Waals surface area contributed by atoms with Crippen molar-refractivity contribution in [3.63, 3.8) is 0 Å². The maximum absolute atomic E-state index is 8.62. The monoisotopic (exact) mass is 337 g/mol. The Balaban J connectivity index is 3.80. The lowest BCUT2D eigenvalue weighted by Gasteiger charge is -1.89. The summed E-state index contributed by atoms with van der Waals surface area (Å²) in [6.45, 7) is 3.29. The number of aliphatic imine (C=N–C) groups is 1. The van der Waals surface area contributed by atoms with Gasteiger partial charge in [0.25, 0.3) is 0 Å². The van der Waals surface area contributed by atoms with Crippen LogP contribution in [0.5, 0.6) is 0 Å². The third-order valence-electron chi connectivity index (χ3n) is 0.437. The molecule has 0 atom stereocenters. The number of hydrogen-bond acceptors (Lipinski definition) is 2. The number of allylic oxidation sites excluding steroid dienone is 1. The van der Waals surface area contributed by atoms with Crippen LogP contribution in [0.2, 0.25) is 0 Å². The molecule has 0 aromatic heterocycles. The zero-order chi connectivity index (χ0) is 6.57. The van der Waals surface area contributed by atoms with Crippen molar-refractivity contribution < 1.29 is 5.11 Å². The molecule has 1 N–H and O–H groups in total. The molecule has 0 amide bonds. The summed E-state index contributed by atoms with van der Waals surface area (Å²) in [6.07, 6.45) is 0. The second-order valence-corrected chi connectivity index (χ2v) is 2.72. The molecule has 0 unspecified atom stereocenters. The van der Waals surface area contributed by atoms with Crippen molar-refractivity contribution in [3.8, 4) is 0 Å². The molecule has 0 aromatic carbocycles. The van der Waals surface area contributed by atoms with Crippen molar-refractivity contribution >= 4 is 48.9 Å². The molecule has 0 radical (unpaired) electrons. The Morgan fingerprint density at radius 1 is 1.75 bits per heavy atom. The highest BCUT2D eigenvalue weighted by atomic mass is 127. The quantitative estimate of drug-likeness (QED) is 0.271. The van der Waals surface area contributed by atoms with E-state index in [9.17, 15) is 0 Å². The molecule has 0 saturated heterocycles. The molecule has 0 rings (SSSR count). The number of rotatable bonds is 2. The van der Waals surface area contributed by atoms with E-state index >= 15 is 0 Å². The molecule has 0 aliphatic heterocycles. The van der Waals surface area contributed by atoms with E-state index in [0.29, 0.717) is 8.27 Å². The van der Waals surface area contributed by atoms with Gasteiger partial charge in [-0.15, -0.1) is 0 Å². The van der Waals surface area contributed by atoms with Gasteiger partial charge in [0.2, 0.25) is 0 Å². The van der Waals surface area contributed by atoms with Gasteiger partial charge in [-0.2, -0.15) is 0 Å². The van der Waals surface area contributed by atoms with Crippen molar-refractivity contribution in [2.45, 2.75) is 0 Å². The van der Waals surface area contributed by atoms with Gasteiger partial charge in [-0.05, 0) is 22.6 Å². The molecule has 2 nitrogen and oxygen atoms in total. The minimum Gasteiger partial charge on any atom is -0.506 e. The van der Waals surface area contributed by atoms with Crippen LogP contribution in [0.3, 0.4) is 0 Å². The molecule has 0 aromatic rings. The molecule has 0 spiro atoms. The normalized spacial score (nSPS) is 11.5. The van der Waals surface area contributed by atoms with Crippen LogP contribution < -0.4 is 0 Å². The highest BCUT2D eigenvalue weighted by Gasteiger charge is 1.92. The average molecular weight is 337 g/mol. The van der Waals surface area contributed by atoms with E-state index in [4.69, 9.17) is 5.11 Å². The van der Waals surface area contributed by atoms with Gasteiger partial charge in [0.05, 0.1) is 4.55 Å². The molecule has 0 saturated carbocycles. The predicted octanol–water partition coefficient (Wildman–Crippen LogP) is 2.28. The molecule has 0 aliphatic carbocycles. The Hall–Kier alpha value is 0.670. The Morgan fingerprint density at radius 3 is 2.38 bits per heavy atom. The minimum absolute atomic E-state index is 0.0438. The molecule has 0 heterocycles. The van der Waals surface area contributed by atoms with Gasteiger partial charge in [-0.1, -0.05) is 29.2 Å². The first-order valence-electron chi connectivity index (χ1n) is 1.82. The number of alkyl halides is 1. The van der Waals surface area contributed by atoms with E-state index in [0.717, 1.165) is 0 Å². The second-order valence-electron chi connectivity index (χ2n) is 1.02. The van der Waals surface area contributed by atoms with Gasteiger partial charge in [0.1, 0.15) is 9.48 Å². The molecule has 0 fully saturated rings. The average Bonchev–Trinajstić information content (AvgIpc) is 1.67. The van der Waals surface area contributed by atoms with Crippen molar-refractivity contribution in [3.05, 3.63) is 12.3 Å². The Bertz CT molecular complexity index is 121. The predicted molar refractivity (Wildman–Crippen MR) is 52.1 cm³/mol. The second kappa shape index (κ2) is 4.54. The van der Waals surface area contributed by atoms with Gasteiger partial charge in [-0.3, -0.25) is 4.99 Å². The van der Waals surface area contributed by atoms with Crippen LogP contribution in [0.25, 0.3) is 0 Å². The first-order valence-corrected chi connectivity index (χ1v) is 4.43. The fourth-order valence-electron chi connectivity index (χ4n) is 0.144. The maximum atomic E-state index is 8.62. The number of halogens is 2. The summed E-state index contributed by atoms with van der Waals surface area (Å²) < 4.78 is 1.24. The van der Waals surface area contributed by atoms with Crippen LogP contribution in [-0.4, -0.2) is 13.4 Å². The zero-order valence-electron chi connectivity index (χ0n) is 4.06. The molecule has 46 valence electrons. The van der Waals surface area contributed by atoms with E-state index in [2.05, 4.69) is 34.2 Å². The van der Waals surface area contributed by atoms with Crippen LogP contribution in [0.4, 0.5) is 0 Å². The third kappa shape index (κ3) is 3.65. The van der Waals surface area contributed by atoms with Gasteiger partial charge in [0.15, 0.2) is 0 Å². The van der Waals surface area contributed by atoms with Crippen LogP contribution in [0, 0.1) is 0 Å². The smallest absolute Gasteiger partial charge is 0.139 e. The summed E-state index contributed by atoms with van der Waals surface area (Å²) in [7, 11) is 0. The summed E-state index contributed by atoms with van der Waals surface area (Å²) in [5, 5.41) is 8.62. The van der Waals surface area contributed by atoms with E-state index in [-0.39, 0.29) is 5.76 Å². The van der Waals surface area contributed by atoms with Gasteiger partial charge >= 0.3 is 0 Å². The number of nitrogens with zero attached hydrogens (tertiary/aromatic N) is 1. The largest absolute Gasteiger partial charge is 0.506 e. The maximum Gasteiger partial charge on any atom is 0.139 e. The standard InChI is InChI=1S/C4H5I2NO/c1-3(8)4(6)7-2-5/h8H,1-2H2/b7-4+. The highest BCUT2D eigenvalue weighted by molar-refractivity contribution is 14.1. The fourth-order valence-corrected chi connectivity index (χ4v) is 1.31. The van der Waals surface area contributed by atoms with E-state index in [1.54, 1.807) is 0 Å². The summed E-state index contributed by atoms with van der Waals surface area (Å²) in [5.74, 6) is 0.0438. The van der Waals surface area contributed by atoms with Crippen LogP contribution in [0.1, 0.15) is 0 Å². The lowest BCUT2D eigenvalue weighted by Crippen LogP contribution is -1.88. The van der Waals surface area contributed by atoms with Crippen LogP contribution in [0.15, 0.2) is 17.3 Å². The third-order valence-corrected chi connectivity index (χ3v) is 1.74. The SMILES string of the molecule is C=C(O)/C(I)=N\CI. The number of hydrogen-bond donors (Lipinski definition) is 1. The van der Waals surface area contributed by atoms with E-state index < -0.39 is 0 Å². The lowest BCUT2D eigenvalue weighted by atomic mass is 10.6. The van der Waals surface area contributed by atoms with Gasteiger partial charge < -0.3 is 5.11 Å². The van der Waals surface area contributed by atoms with Crippen LogP contribution >= 0.6 is 45.2 Å². The molecule has 8 heavy (non-hydrogen) atoms. The summed E-state index contributed by atoms with van der Waals surface area (Å²) in [6, 6.07) is 0. The van der Waals surface area contributed by atoms with Gasteiger partial charge in [0, 0.05) is 0 Å². The zero-order valence-corrected chi connectivity index (χ0v) is 8.38. The molecule has 0 aliphatic rings. The first-order chi connectivity index (χ1) is 3.68. The number of aliphatic hydroxyl groups is 1. The van der Waals surface area contributed by atoms with Crippen molar-refractivity contribution in [1.82, 2.24) is 0 Å². The molecule has 4 heteroatoms. The van der Waals surface area contributed by atoms with Crippen LogP contribution in [-0.2, 0) is 0 Å². The van der Waals surface area contributed by atoms with E-state index in [1.807, 2.05) is 22.6 Å². The van der Waals surface area contributed by atoms with Gasteiger partial charge in [-0.25, -0.2) is 0 Å². The lowest BCUT2D eigenvalue weighted by molar-refractivity contribution is 0.448. The summed E-state index contributed by atoms with van der Waals surface area (Å²) in [4.78, 5) is 3.86. The fraction of sp³-hybridized carbons (Fsp3) is 0.250. The Morgan fingerprint density at radius 2 is 2.25 bits per heavy atom. The Labute approximate surface area is 75.4 Å². The summed E-state index contributed by atoms with van der Waals surface area (Å²) in [5.41, 5.74) is 0. The topological polar surface area (TPSA) is 32.6 Å². The van der Waals surface area contributed by atoms with Crippen molar-refractivity contribution in [1.29, 1.82) is 0 Å². The number of aliphatic hydroxyl groups excluding tert-OH is 1.